The largest absolute Gasteiger partial charge is 0.444 e. The van der Waals surface area contributed by atoms with E-state index in [9.17, 15) is 14.7 Å². The van der Waals surface area contributed by atoms with E-state index in [-0.39, 0.29) is 56.3 Å². The van der Waals surface area contributed by atoms with Crippen molar-refractivity contribution in [3.05, 3.63) is 108 Å². The van der Waals surface area contributed by atoms with E-state index in [0.29, 0.717) is 6.61 Å². The van der Waals surface area contributed by atoms with Crippen LogP contribution >= 0.6 is 0 Å². The molecule has 0 bridgehead atoms. The number of aliphatic hydroxyl groups is 1. The molecule has 11 nitrogen and oxygen atoms in total. The predicted octanol–water partition coefficient (Wildman–Crippen LogP) is 5.65. The number of carbonyl (C=O) groups excluding carboxylic acids is 2. The summed E-state index contributed by atoms with van der Waals surface area (Å²) in [6.07, 6.45) is -4.37. The van der Waals surface area contributed by atoms with Gasteiger partial charge in [0.25, 0.3) is 0 Å². The first kappa shape index (κ1) is 38.4. The Morgan fingerprint density at radius 1 is 0.725 bits per heavy atom. The van der Waals surface area contributed by atoms with E-state index in [1.165, 1.54) is 11.8 Å². The Hall–Kier alpha value is -3.84. The molecule has 2 aliphatic rings. The van der Waals surface area contributed by atoms with Crippen LogP contribution in [0.1, 0.15) is 51.3 Å². The van der Waals surface area contributed by atoms with Crippen molar-refractivity contribution in [2.24, 2.45) is 17.8 Å². The molecule has 2 N–H and O–H groups in total. The first-order valence-electron chi connectivity index (χ1n) is 17.8. The summed E-state index contributed by atoms with van der Waals surface area (Å²) in [5.41, 5.74) is 2.76. The number of carbonyl (C=O) groups is 2. The maximum absolute atomic E-state index is 13.5. The summed E-state index contributed by atoms with van der Waals surface area (Å²) in [5.74, 6) is -0.593. The fourth-order valence-electron chi connectivity index (χ4n) is 6.58. The number of nitrogens with one attached hydrogen (secondary N) is 1. The highest BCUT2D eigenvalue weighted by atomic mass is 16.7. The molecule has 0 saturated carbocycles. The van der Waals surface area contributed by atoms with Gasteiger partial charge in [-0.15, -0.1) is 0 Å². The summed E-state index contributed by atoms with van der Waals surface area (Å²) in [5, 5.41) is 13.3. The van der Waals surface area contributed by atoms with E-state index in [2.05, 4.69) is 5.32 Å². The highest BCUT2D eigenvalue weighted by Crippen LogP contribution is 2.37. The zero-order valence-corrected chi connectivity index (χ0v) is 30.1. The van der Waals surface area contributed by atoms with Crippen LogP contribution in [-0.4, -0.2) is 78.4 Å². The molecule has 10 atom stereocenters. The lowest BCUT2D eigenvalue weighted by molar-refractivity contribution is -0.340. The summed E-state index contributed by atoms with van der Waals surface area (Å²) in [7, 11) is 0. The number of rotatable bonds is 14. The van der Waals surface area contributed by atoms with E-state index in [0.717, 1.165) is 16.7 Å². The molecule has 51 heavy (non-hydrogen) atoms. The highest BCUT2D eigenvalue weighted by Gasteiger charge is 2.49. The molecule has 2 heterocycles. The van der Waals surface area contributed by atoms with Gasteiger partial charge in [-0.2, -0.15) is 0 Å². The lowest BCUT2D eigenvalue weighted by Gasteiger charge is -2.49. The minimum Gasteiger partial charge on any atom is -0.444 e. The number of amides is 2. The van der Waals surface area contributed by atoms with E-state index in [1.54, 1.807) is 0 Å². The van der Waals surface area contributed by atoms with Crippen LogP contribution < -0.4 is 5.32 Å². The quantitative estimate of drug-likeness (QED) is 0.205. The van der Waals surface area contributed by atoms with Crippen LogP contribution in [0.25, 0.3) is 0 Å². The van der Waals surface area contributed by atoms with Crippen LogP contribution in [0.2, 0.25) is 0 Å². The maximum atomic E-state index is 13.5. The zero-order chi connectivity index (χ0) is 36.3. The second-order valence-electron chi connectivity index (χ2n) is 13.6. The fourth-order valence-corrected chi connectivity index (χ4v) is 6.58. The van der Waals surface area contributed by atoms with Gasteiger partial charge in [-0.05, 0) is 35.4 Å². The molecule has 0 aliphatic carbocycles. The van der Waals surface area contributed by atoms with Crippen molar-refractivity contribution in [3.63, 3.8) is 0 Å². The van der Waals surface area contributed by atoms with Gasteiger partial charge in [-0.3, -0.25) is 9.69 Å². The molecular weight excluding hydrogens is 652 g/mol. The summed E-state index contributed by atoms with van der Waals surface area (Å²) in [6.45, 7) is 9.75. The molecular formula is C40H52N2O9. The molecule has 3 aromatic carbocycles. The van der Waals surface area contributed by atoms with E-state index in [4.69, 9.17) is 28.4 Å². The van der Waals surface area contributed by atoms with E-state index >= 15 is 0 Å². The van der Waals surface area contributed by atoms with Crippen LogP contribution in [0.5, 0.6) is 0 Å². The Morgan fingerprint density at radius 2 is 1.31 bits per heavy atom. The smallest absolute Gasteiger partial charge is 0.412 e. The summed E-state index contributed by atoms with van der Waals surface area (Å²) in [4.78, 5) is 27.5. The number of ether oxygens (including phenoxy) is 6. The normalized spacial score (nSPS) is 29.2. The third-order valence-corrected chi connectivity index (χ3v) is 9.97. The van der Waals surface area contributed by atoms with Crippen LogP contribution in [-0.2, 0) is 53.0 Å². The number of benzene rings is 3. The maximum Gasteiger partial charge on any atom is 0.412 e. The minimum absolute atomic E-state index is 0.0661. The lowest BCUT2D eigenvalue weighted by atomic mass is 9.83. The first-order chi connectivity index (χ1) is 24.6. The number of aliphatic hydroxyl groups excluding tert-OH is 1. The summed E-state index contributed by atoms with van der Waals surface area (Å²) < 4.78 is 38.1. The molecule has 276 valence electrons. The minimum atomic E-state index is -0.992. The molecule has 0 aromatic heterocycles. The van der Waals surface area contributed by atoms with Crippen molar-refractivity contribution in [1.82, 2.24) is 10.2 Å². The number of hydrogen-bond donors (Lipinski definition) is 2. The fraction of sp³-hybridized carbons (Fsp3) is 0.500. The SMILES string of the molecule is CC(=O)NC1[C@H](OC2[C@H](OCN(Cc3ccccc3)C(=O)OCc3ccccc3)OC(CO)[C@@H](C)[C@@H]2C)OC(C)[C@@H](C)[C@@H]1OCc1ccccc1. The van der Waals surface area contributed by atoms with Crippen molar-refractivity contribution < 1.29 is 43.1 Å². The third kappa shape index (κ3) is 10.4. The van der Waals surface area contributed by atoms with Crippen LogP contribution in [0.4, 0.5) is 4.79 Å². The molecule has 2 saturated heterocycles. The Kier molecular flexibility index (Phi) is 14.0. The lowest BCUT2D eigenvalue weighted by Crippen LogP contribution is -2.64. The van der Waals surface area contributed by atoms with Gasteiger partial charge in [-0.25, -0.2) is 4.79 Å². The van der Waals surface area contributed by atoms with Gasteiger partial charge in [0.15, 0.2) is 12.6 Å². The monoisotopic (exact) mass is 704 g/mol. The first-order valence-corrected chi connectivity index (χ1v) is 17.8. The van der Waals surface area contributed by atoms with Gasteiger partial charge in [-0.1, -0.05) is 112 Å². The molecule has 3 aromatic rings. The third-order valence-electron chi connectivity index (χ3n) is 9.97. The van der Waals surface area contributed by atoms with Gasteiger partial charge >= 0.3 is 6.09 Å². The van der Waals surface area contributed by atoms with Crippen molar-refractivity contribution in [1.29, 1.82) is 0 Å². The van der Waals surface area contributed by atoms with E-state index in [1.807, 2.05) is 119 Å². The topological polar surface area (TPSA) is 125 Å². The standard InChI is InChI=1S/C40H52N2O9/c1-26-27(2)37(51-38-35(41-30(5)44)36(28(3)29(4)49-38)46-23-32-17-11-7-12-18-32)39(50-34(26)22-43)48-25-42(21-31-15-9-6-10-16-31)40(45)47-24-33-19-13-8-14-20-33/h6-20,26-29,34-39,43H,21-25H2,1-5H3,(H,41,44)/t26-,27-,28+,29?,34?,35?,36-,37?,38-,39+/m0/s1. The second-order valence-corrected chi connectivity index (χ2v) is 13.6. The van der Waals surface area contributed by atoms with Crippen molar-refractivity contribution in [3.8, 4) is 0 Å². The van der Waals surface area contributed by atoms with Crippen molar-refractivity contribution in [2.45, 2.75) is 97.4 Å². The molecule has 11 heteroatoms. The molecule has 2 aliphatic heterocycles. The molecule has 0 spiro atoms. The van der Waals surface area contributed by atoms with Gasteiger partial charge in [0.2, 0.25) is 5.91 Å². The Labute approximate surface area is 301 Å². The average Bonchev–Trinajstić information content (AvgIpc) is 3.14. The number of hydrogen-bond acceptors (Lipinski definition) is 9. The van der Waals surface area contributed by atoms with Crippen molar-refractivity contribution in [2.75, 3.05) is 13.3 Å². The predicted molar refractivity (Wildman–Crippen MR) is 190 cm³/mol. The second kappa shape index (κ2) is 18.6. The Morgan fingerprint density at radius 3 is 1.90 bits per heavy atom. The molecule has 0 radical (unpaired) electrons. The van der Waals surface area contributed by atoms with Crippen molar-refractivity contribution >= 4 is 12.0 Å². The summed E-state index contributed by atoms with van der Waals surface area (Å²) >= 11 is 0. The Balaban J connectivity index is 1.35. The average molecular weight is 705 g/mol. The van der Waals surface area contributed by atoms with Gasteiger partial charge in [0, 0.05) is 12.8 Å². The van der Waals surface area contributed by atoms with Crippen LogP contribution in [0.15, 0.2) is 91.0 Å². The summed E-state index contributed by atoms with van der Waals surface area (Å²) in [6, 6.07) is 28.3. The molecule has 5 rings (SSSR count). The highest BCUT2D eigenvalue weighted by molar-refractivity contribution is 5.73. The molecule has 4 unspecified atom stereocenters. The zero-order valence-electron chi connectivity index (χ0n) is 30.1. The Bertz CT molecular complexity index is 1500. The number of nitrogens with zero attached hydrogens (tertiary/aromatic N) is 1. The molecule has 2 fully saturated rings. The van der Waals surface area contributed by atoms with E-state index < -0.39 is 43.0 Å². The van der Waals surface area contributed by atoms with Gasteiger partial charge in [0.1, 0.15) is 25.5 Å². The van der Waals surface area contributed by atoms with Crippen LogP contribution in [0, 0.1) is 17.8 Å². The van der Waals surface area contributed by atoms with Crippen LogP contribution in [0.3, 0.4) is 0 Å². The van der Waals surface area contributed by atoms with Gasteiger partial charge < -0.3 is 38.8 Å². The van der Waals surface area contributed by atoms with Gasteiger partial charge in [0.05, 0.1) is 38.1 Å². The molecule has 2 amide bonds.